The molecule has 0 N–H and O–H groups in total. The molecule has 0 aromatic heterocycles. The molecular weight excluding hydrogens is 973 g/mol. The second-order valence-electron chi connectivity index (χ2n) is 19.0. The molecule has 0 radical (unpaired) electrons. The van der Waals surface area contributed by atoms with E-state index >= 15 is 0 Å². The van der Waals surface area contributed by atoms with Gasteiger partial charge < -0.3 is 29.7 Å². The molecule has 9 atom stereocenters. The first-order valence-corrected chi connectivity index (χ1v) is 34.9. The van der Waals surface area contributed by atoms with Crippen LogP contribution in [0.15, 0.2) is 97.2 Å². The standard InChI is InChI=1S/C29H42.C12H16.C9H18.4CH3.4ClH.2Zr/c1-7-8-17-29(6,21-11-9-10-12-21)27-25-18-20(2)13-15-23(25)24-16-14-22(19-26(24)27)28(3,4)5;1-2-5-10-8-9-11-6-3-4-7-12(10)11;1-2-3-6-9-7-4-5-8-9;;;;;;;;;;/h7,13-16,18-19,21,23-27H,1,8-12,17H2,2-6H3;2-4,6-7,10-12H,1,5,8-9H2;9H,2-8H2,1H3;4*1H3;4*1H;;/q;;;4*-1;;;;;2*+4/p-4. The Bertz CT molecular complexity index is 1340. The van der Waals surface area contributed by atoms with Crippen molar-refractivity contribution >= 4 is 34.1 Å². The van der Waals surface area contributed by atoms with Crippen molar-refractivity contribution in [2.75, 3.05) is 0 Å². The first kappa shape index (κ1) is 62.9. The van der Waals surface area contributed by atoms with Crippen LogP contribution in [0, 0.1) is 99.7 Å². The van der Waals surface area contributed by atoms with Crippen molar-refractivity contribution in [3.05, 3.63) is 127 Å². The number of halogens is 4. The summed E-state index contributed by atoms with van der Waals surface area (Å²) in [6, 6.07) is 0. The fourth-order valence-electron chi connectivity index (χ4n) is 11.7. The van der Waals surface area contributed by atoms with E-state index in [-0.39, 0.29) is 35.1 Å². The fourth-order valence-corrected chi connectivity index (χ4v) is 11.7. The molecule has 9 unspecified atom stereocenters. The topological polar surface area (TPSA) is 0 Å². The van der Waals surface area contributed by atoms with E-state index in [0.717, 1.165) is 41.9 Å². The van der Waals surface area contributed by atoms with E-state index in [0.29, 0.717) is 29.1 Å². The second kappa shape index (κ2) is 33.3. The van der Waals surface area contributed by atoms with Gasteiger partial charge in [-0.25, -0.2) is 0 Å². The van der Waals surface area contributed by atoms with Crippen LogP contribution in [0.25, 0.3) is 0 Å². The van der Waals surface area contributed by atoms with Gasteiger partial charge in [0.1, 0.15) is 0 Å². The van der Waals surface area contributed by atoms with Crippen molar-refractivity contribution in [3.63, 3.8) is 0 Å². The number of hydrogen-bond donors (Lipinski definition) is 0. The Labute approximate surface area is 412 Å². The molecule has 6 heteroatoms. The first-order valence-electron chi connectivity index (χ1n) is 22.2. The summed E-state index contributed by atoms with van der Waals surface area (Å²) in [6.45, 7) is 22.3. The van der Waals surface area contributed by atoms with Crippen LogP contribution >= 0.6 is 34.1 Å². The average molecular weight is 1060 g/mol. The number of rotatable bonds is 10. The minimum atomic E-state index is -0.826. The van der Waals surface area contributed by atoms with Crippen molar-refractivity contribution in [1.29, 1.82) is 0 Å². The van der Waals surface area contributed by atoms with Crippen LogP contribution in [0.1, 0.15) is 144 Å². The van der Waals surface area contributed by atoms with Crippen LogP contribution in [-0.2, 0) is 41.7 Å². The molecule has 4 saturated carbocycles. The molecule has 0 nitrogen and oxygen atoms in total. The van der Waals surface area contributed by atoms with Crippen molar-refractivity contribution in [1.82, 2.24) is 0 Å². The van der Waals surface area contributed by atoms with Crippen LogP contribution in [-0.4, -0.2) is 0 Å². The van der Waals surface area contributed by atoms with Crippen LogP contribution in [0.4, 0.5) is 0 Å². The predicted molar refractivity (Wildman–Crippen MR) is 270 cm³/mol. The maximum absolute atomic E-state index is 4.93. The summed E-state index contributed by atoms with van der Waals surface area (Å²) < 4.78 is 0. The maximum atomic E-state index is 4.93. The van der Waals surface area contributed by atoms with Gasteiger partial charge in [-0.05, 0) is 127 Å². The van der Waals surface area contributed by atoms with Crippen LogP contribution < -0.4 is 0 Å². The summed E-state index contributed by atoms with van der Waals surface area (Å²) in [5, 5.41) is 0. The van der Waals surface area contributed by atoms with Crippen molar-refractivity contribution in [3.8, 4) is 0 Å². The van der Waals surface area contributed by atoms with E-state index in [1.165, 1.54) is 102 Å². The van der Waals surface area contributed by atoms with E-state index in [9.17, 15) is 0 Å². The van der Waals surface area contributed by atoms with Crippen molar-refractivity contribution in [2.45, 2.75) is 144 Å². The minimum absolute atomic E-state index is 0. The van der Waals surface area contributed by atoms with E-state index in [1.54, 1.807) is 5.57 Å². The Balaban J connectivity index is 0. The molecule has 7 rings (SSSR count). The van der Waals surface area contributed by atoms with Gasteiger partial charge in [-0.3, -0.25) is 0 Å². The van der Waals surface area contributed by atoms with Crippen LogP contribution in [0.2, 0.25) is 0 Å². The third-order valence-electron chi connectivity index (χ3n) is 14.5. The fraction of sp³-hybridized carbons (Fsp3) is 0.630. The summed E-state index contributed by atoms with van der Waals surface area (Å²) in [6.07, 6.45) is 51.3. The normalized spacial score (nSPS) is 28.6. The molecule has 4 fully saturated rings. The second-order valence-corrected chi connectivity index (χ2v) is 26.4. The summed E-state index contributed by atoms with van der Waals surface area (Å²) in [5.41, 5.74) is 3.65. The van der Waals surface area contributed by atoms with Gasteiger partial charge in [-0.1, -0.05) is 171 Å². The molecule has 0 aromatic carbocycles. The van der Waals surface area contributed by atoms with Crippen molar-refractivity contribution < 1.29 is 41.7 Å². The van der Waals surface area contributed by atoms with E-state index in [2.05, 4.69) is 128 Å². The Morgan fingerprint density at radius 3 is 1.78 bits per heavy atom. The summed E-state index contributed by atoms with van der Waals surface area (Å²) in [4.78, 5) is 0. The van der Waals surface area contributed by atoms with Gasteiger partial charge in [0.25, 0.3) is 0 Å². The quantitative estimate of drug-likeness (QED) is 0.151. The third kappa shape index (κ3) is 18.6. The van der Waals surface area contributed by atoms with Gasteiger partial charge in [-0.2, -0.15) is 0 Å². The van der Waals surface area contributed by atoms with Crippen molar-refractivity contribution in [2.24, 2.45) is 70.0 Å². The average Bonchev–Trinajstić information content (AvgIpc) is 4.01. The molecule has 60 heavy (non-hydrogen) atoms. The third-order valence-corrected chi connectivity index (χ3v) is 14.5. The molecule has 340 valence electrons. The summed E-state index contributed by atoms with van der Waals surface area (Å²) in [7, 11) is 19.7. The molecule has 0 bridgehead atoms. The first-order chi connectivity index (χ1) is 26.9. The number of unbranched alkanes of at least 4 members (excludes halogenated alkanes) is 1. The molecule has 0 aliphatic heterocycles. The zero-order valence-electron chi connectivity index (χ0n) is 39.9. The van der Waals surface area contributed by atoms with E-state index in [4.69, 9.17) is 34.1 Å². The Morgan fingerprint density at radius 1 is 0.683 bits per heavy atom. The Kier molecular flexibility index (Phi) is 35.0. The van der Waals surface area contributed by atoms with Crippen LogP contribution in [0.3, 0.4) is 0 Å². The van der Waals surface area contributed by atoms with Gasteiger partial charge in [0.2, 0.25) is 0 Å². The number of allylic oxidation sites excluding steroid dienone is 14. The number of hydrogen-bond acceptors (Lipinski definition) is 0. The summed E-state index contributed by atoms with van der Waals surface area (Å²) >= 11 is -1.65. The Morgan fingerprint density at radius 2 is 1.23 bits per heavy atom. The van der Waals surface area contributed by atoms with Gasteiger partial charge in [0.05, 0.1) is 0 Å². The van der Waals surface area contributed by atoms with E-state index in [1.807, 2.05) is 0 Å². The summed E-state index contributed by atoms with van der Waals surface area (Å²) in [5.74, 6) is 7.95. The van der Waals surface area contributed by atoms with Gasteiger partial charge in [-0.15, -0.1) is 13.2 Å². The molecule has 0 amide bonds. The zero-order chi connectivity index (χ0) is 41.1. The molecule has 7 aliphatic rings. The molecule has 7 aliphatic carbocycles. The van der Waals surface area contributed by atoms with E-state index < -0.39 is 41.7 Å². The molecule has 0 aromatic rings. The molecule has 0 heterocycles. The van der Waals surface area contributed by atoms with Crippen LogP contribution in [0.5, 0.6) is 0 Å². The monoisotopic (exact) mass is 1060 g/mol. The molecular formula is C54H88Cl4Zr2. The molecule has 0 saturated heterocycles. The zero-order valence-corrected chi connectivity index (χ0v) is 47.9. The van der Waals surface area contributed by atoms with Gasteiger partial charge in [0, 0.05) is 0 Å². The Hall–Kier alpha value is 0.846. The SMILES string of the molecule is C=CCC1CCC2C=CC=CC21.C=CCCC(C)(C1CCCC1)C1C2C=C(C)C=CC2C2C=CC(C(C)(C)C)=CC21.CCCCC1CCCC1.[CH3-].[CH3-].[CH3-].[CH3-].[Cl][Zr+2][Cl].[Cl][Zr+2][Cl]. The van der Waals surface area contributed by atoms with Gasteiger partial charge in [0.15, 0.2) is 0 Å². The number of fused-ring (bicyclic) bond motifs is 4. The predicted octanol–water partition coefficient (Wildman–Crippen LogP) is 19.6. The molecule has 0 spiro atoms. The van der Waals surface area contributed by atoms with Gasteiger partial charge >= 0.3 is 75.7 Å².